The van der Waals surface area contributed by atoms with Crippen LogP contribution in [0.15, 0.2) is 42.5 Å². The van der Waals surface area contributed by atoms with Crippen LogP contribution in [0, 0.1) is 10.1 Å². The highest BCUT2D eigenvalue weighted by Gasteiger charge is 2.13. The summed E-state index contributed by atoms with van der Waals surface area (Å²) in [4.78, 5) is 10.3. The lowest BCUT2D eigenvalue weighted by Gasteiger charge is -2.11. The van der Waals surface area contributed by atoms with Crippen LogP contribution >= 0.6 is 0 Å². The van der Waals surface area contributed by atoms with Gasteiger partial charge < -0.3 is 19.3 Å². The third-order valence-corrected chi connectivity index (χ3v) is 2.84. The van der Waals surface area contributed by atoms with Crippen LogP contribution in [0.1, 0.15) is 0 Å². The molecule has 0 heterocycles. The lowest BCUT2D eigenvalue weighted by Crippen LogP contribution is -2.10. The van der Waals surface area contributed by atoms with Crippen LogP contribution in [-0.4, -0.2) is 30.4 Å². The first kappa shape index (κ1) is 15.4. The fourth-order valence-electron chi connectivity index (χ4n) is 1.82. The predicted octanol–water partition coefficient (Wildman–Crippen LogP) is 2.77. The zero-order valence-corrected chi connectivity index (χ0v) is 11.9. The number of ether oxygens (including phenoxy) is 3. The summed E-state index contributed by atoms with van der Waals surface area (Å²) >= 11 is 0. The van der Waals surface area contributed by atoms with Crippen molar-refractivity contribution in [1.29, 1.82) is 0 Å². The molecule has 0 aliphatic carbocycles. The zero-order valence-electron chi connectivity index (χ0n) is 11.9. The lowest BCUT2D eigenvalue weighted by atomic mass is 10.3. The molecule has 0 spiro atoms. The molecule has 0 bridgehead atoms. The molecular weight excluding hydrogens is 290 g/mol. The SMILES string of the molecule is COc1cccc(OCCOc2ccccc2[N+](=O)[O-])c1O. The molecule has 22 heavy (non-hydrogen) atoms. The number of para-hydroxylation sites is 3. The van der Waals surface area contributed by atoms with Gasteiger partial charge in [-0.05, 0) is 18.2 Å². The van der Waals surface area contributed by atoms with Gasteiger partial charge in [-0.1, -0.05) is 18.2 Å². The van der Waals surface area contributed by atoms with Gasteiger partial charge in [0.25, 0.3) is 0 Å². The van der Waals surface area contributed by atoms with E-state index >= 15 is 0 Å². The second-order valence-corrected chi connectivity index (χ2v) is 4.23. The number of phenolic OH excluding ortho intramolecular Hbond substituents is 1. The number of aromatic hydroxyl groups is 1. The Kier molecular flexibility index (Phi) is 5.02. The maximum absolute atomic E-state index is 10.8. The van der Waals surface area contributed by atoms with Crippen LogP contribution in [-0.2, 0) is 0 Å². The molecule has 0 fully saturated rings. The van der Waals surface area contributed by atoms with Crippen LogP contribution in [0.25, 0.3) is 0 Å². The van der Waals surface area contributed by atoms with Gasteiger partial charge in [0.15, 0.2) is 17.2 Å². The van der Waals surface area contributed by atoms with Crippen molar-refractivity contribution >= 4 is 5.69 Å². The van der Waals surface area contributed by atoms with E-state index in [-0.39, 0.29) is 36.1 Å². The Labute approximate surface area is 126 Å². The first-order valence-corrected chi connectivity index (χ1v) is 6.48. The first-order chi connectivity index (χ1) is 10.6. The fraction of sp³-hybridized carbons (Fsp3) is 0.200. The molecule has 0 atom stereocenters. The summed E-state index contributed by atoms with van der Waals surface area (Å²) in [6.07, 6.45) is 0. The average Bonchev–Trinajstić information content (AvgIpc) is 2.53. The van der Waals surface area contributed by atoms with E-state index in [1.165, 1.54) is 19.2 Å². The van der Waals surface area contributed by atoms with E-state index < -0.39 is 4.92 Å². The van der Waals surface area contributed by atoms with Crippen LogP contribution in [0.5, 0.6) is 23.0 Å². The molecule has 0 saturated carbocycles. The number of nitro groups is 1. The molecule has 7 heteroatoms. The quantitative estimate of drug-likeness (QED) is 0.480. The molecule has 2 aromatic rings. The van der Waals surface area contributed by atoms with Crippen LogP contribution in [0.3, 0.4) is 0 Å². The zero-order chi connectivity index (χ0) is 15.9. The Balaban J connectivity index is 1.92. The topological polar surface area (TPSA) is 91.1 Å². The summed E-state index contributed by atoms with van der Waals surface area (Å²) in [7, 11) is 1.44. The van der Waals surface area contributed by atoms with Gasteiger partial charge >= 0.3 is 5.69 Å². The fourth-order valence-corrected chi connectivity index (χ4v) is 1.82. The minimum Gasteiger partial charge on any atom is -0.502 e. The standard InChI is InChI=1S/C15H15NO6/c1-20-13-7-4-8-14(15(13)17)22-10-9-21-12-6-3-2-5-11(12)16(18)19/h2-8,17H,9-10H2,1H3. The molecule has 0 saturated heterocycles. The van der Waals surface area contributed by atoms with Gasteiger partial charge in [0.2, 0.25) is 5.75 Å². The van der Waals surface area contributed by atoms with E-state index in [0.717, 1.165) is 0 Å². The second kappa shape index (κ2) is 7.16. The van der Waals surface area contributed by atoms with Crippen molar-refractivity contribution in [2.24, 2.45) is 0 Å². The van der Waals surface area contributed by atoms with Crippen molar-refractivity contribution in [3.63, 3.8) is 0 Å². The maximum Gasteiger partial charge on any atom is 0.310 e. The molecule has 0 unspecified atom stereocenters. The molecule has 0 aliphatic rings. The van der Waals surface area contributed by atoms with E-state index in [1.54, 1.807) is 30.3 Å². The second-order valence-electron chi connectivity index (χ2n) is 4.23. The Morgan fingerprint density at radius 2 is 1.59 bits per heavy atom. The maximum atomic E-state index is 10.8. The lowest BCUT2D eigenvalue weighted by molar-refractivity contribution is -0.385. The van der Waals surface area contributed by atoms with E-state index in [4.69, 9.17) is 14.2 Å². The summed E-state index contributed by atoms with van der Waals surface area (Å²) in [5.41, 5.74) is -0.105. The van der Waals surface area contributed by atoms with Crippen molar-refractivity contribution in [3.8, 4) is 23.0 Å². The highest BCUT2D eigenvalue weighted by molar-refractivity contribution is 5.49. The summed E-state index contributed by atoms with van der Waals surface area (Å²) in [6.45, 7) is 0.217. The van der Waals surface area contributed by atoms with Crippen molar-refractivity contribution < 1.29 is 24.2 Å². The minimum atomic E-state index is -0.510. The van der Waals surface area contributed by atoms with Crippen LogP contribution in [0.4, 0.5) is 5.69 Å². The summed E-state index contributed by atoms with van der Waals surface area (Å²) < 4.78 is 15.7. The molecule has 2 rings (SSSR count). The molecule has 2 aromatic carbocycles. The molecule has 0 aromatic heterocycles. The molecule has 0 radical (unpaired) electrons. The van der Waals surface area contributed by atoms with Crippen molar-refractivity contribution in [2.45, 2.75) is 0 Å². The van der Waals surface area contributed by atoms with Gasteiger partial charge in [0.05, 0.1) is 12.0 Å². The number of benzene rings is 2. The Morgan fingerprint density at radius 3 is 2.27 bits per heavy atom. The number of nitrogens with zero attached hydrogens (tertiary/aromatic N) is 1. The Bertz CT molecular complexity index is 658. The smallest absolute Gasteiger partial charge is 0.310 e. The third-order valence-electron chi connectivity index (χ3n) is 2.84. The van der Waals surface area contributed by atoms with E-state index in [9.17, 15) is 15.2 Å². The van der Waals surface area contributed by atoms with Gasteiger partial charge in [0.1, 0.15) is 13.2 Å². The van der Waals surface area contributed by atoms with Crippen molar-refractivity contribution in [2.75, 3.05) is 20.3 Å². The van der Waals surface area contributed by atoms with Gasteiger partial charge in [-0.2, -0.15) is 0 Å². The molecular formula is C15H15NO6. The number of methoxy groups -OCH3 is 1. The first-order valence-electron chi connectivity index (χ1n) is 6.48. The predicted molar refractivity (Wildman–Crippen MR) is 78.7 cm³/mol. The normalized spacial score (nSPS) is 10.0. The van der Waals surface area contributed by atoms with E-state index in [1.807, 2.05) is 0 Å². The number of rotatable bonds is 7. The number of phenols is 1. The summed E-state index contributed by atoms with van der Waals surface area (Å²) in [6, 6.07) is 11.0. The van der Waals surface area contributed by atoms with Gasteiger partial charge in [-0.15, -0.1) is 0 Å². The molecule has 116 valence electrons. The number of hydrogen-bond acceptors (Lipinski definition) is 6. The Hall–Kier alpha value is -2.96. The van der Waals surface area contributed by atoms with E-state index in [2.05, 4.69) is 0 Å². The number of hydrogen-bond donors (Lipinski definition) is 1. The summed E-state index contributed by atoms with van der Waals surface area (Å²) in [5, 5.41) is 20.7. The molecule has 0 amide bonds. The van der Waals surface area contributed by atoms with Crippen molar-refractivity contribution in [1.82, 2.24) is 0 Å². The molecule has 0 aliphatic heterocycles. The minimum absolute atomic E-state index is 0.0987. The van der Waals surface area contributed by atoms with Crippen LogP contribution in [0.2, 0.25) is 0 Å². The monoisotopic (exact) mass is 305 g/mol. The van der Waals surface area contributed by atoms with Gasteiger partial charge in [0, 0.05) is 6.07 Å². The molecule has 1 N–H and O–H groups in total. The molecule has 7 nitrogen and oxygen atoms in total. The van der Waals surface area contributed by atoms with Gasteiger partial charge in [-0.3, -0.25) is 10.1 Å². The summed E-state index contributed by atoms with van der Waals surface area (Å²) in [5.74, 6) is 0.629. The van der Waals surface area contributed by atoms with Crippen LogP contribution < -0.4 is 14.2 Å². The van der Waals surface area contributed by atoms with Crippen molar-refractivity contribution in [3.05, 3.63) is 52.6 Å². The number of nitro benzene ring substituents is 1. The highest BCUT2D eigenvalue weighted by Crippen LogP contribution is 2.35. The third kappa shape index (κ3) is 3.57. The average molecular weight is 305 g/mol. The van der Waals surface area contributed by atoms with E-state index in [0.29, 0.717) is 5.75 Å². The Morgan fingerprint density at radius 1 is 1.00 bits per heavy atom. The largest absolute Gasteiger partial charge is 0.502 e. The van der Waals surface area contributed by atoms with Gasteiger partial charge in [-0.25, -0.2) is 0 Å². The highest BCUT2D eigenvalue weighted by atomic mass is 16.6.